The van der Waals surface area contributed by atoms with Crippen LogP contribution in [-0.4, -0.2) is 5.78 Å². The van der Waals surface area contributed by atoms with Crippen LogP contribution in [0.25, 0.3) is 0 Å². The molecule has 0 N–H and O–H groups in total. The highest BCUT2D eigenvalue weighted by atomic mass is 35.5. The molecule has 0 heterocycles. The second-order valence-electron chi connectivity index (χ2n) is 3.49. The van der Waals surface area contributed by atoms with Gasteiger partial charge in [-0.1, -0.05) is 37.6 Å². The molecule has 0 bridgehead atoms. The van der Waals surface area contributed by atoms with Crippen molar-refractivity contribution in [3.8, 4) is 0 Å². The molecule has 0 aliphatic rings. The van der Waals surface area contributed by atoms with Crippen LogP contribution in [0.4, 0.5) is 0 Å². The van der Waals surface area contributed by atoms with E-state index in [1.54, 1.807) is 0 Å². The number of rotatable bonds is 4. The second-order valence-corrected chi connectivity index (χ2v) is 3.93. The van der Waals surface area contributed by atoms with E-state index >= 15 is 0 Å². The normalized spacial score (nSPS) is 12.5. The van der Waals surface area contributed by atoms with Crippen molar-refractivity contribution in [2.45, 2.75) is 32.6 Å². The number of hydrogen-bond donors (Lipinski definition) is 0. The van der Waals surface area contributed by atoms with Gasteiger partial charge in [0.2, 0.25) is 0 Å². The number of benzene rings is 1. The van der Waals surface area contributed by atoms with E-state index in [1.165, 1.54) is 0 Å². The Kier molecular flexibility index (Phi) is 4.15. The molecule has 14 heavy (non-hydrogen) atoms. The van der Waals surface area contributed by atoms with Crippen molar-refractivity contribution >= 4 is 17.4 Å². The Balaban J connectivity index is 2.78. The summed E-state index contributed by atoms with van der Waals surface area (Å²) < 4.78 is 0. The Labute approximate surface area is 90.1 Å². The maximum atomic E-state index is 11.6. The van der Waals surface area contributed by atoms with Crippen molar-refractivity contribution in [3.63, 3.8) is 0 Å². The number of Topliss-reactive ketones (excluding diaryl/α,β-unsaturated/α-hetero) is 1. The van der Waals surface area contributed by atoms with Gasteiger partial charge in [-0.05, 0) is 24.1 Å². The Hall–Kier alpha value is -0.820. The fourth-order valence-corrected chi connectivity index (χ4v) is 1.62. The molecule has 1 aromatic rings. The zero-order chi connectivity index (χ0) is 10.6. The minimum absolute atomic E-state index is 0.0337. The maximum absolute atomic E-state index is 11.6. The number of carbonyl (C=O) groups excluding carboxylic acids is 1. The van der Waals surface area contributed by atoms with E-state index in [1.807, 2.05) is 38.1 Å². The van der Waals surface area contributed by atoms with Crippen LogP contribution in [0.15, 0.2) is 24.3 Å². The van der Waals surface area contributed by atoms with Crippen molar-refractivity contribution in [3.05, 3.63) is 34.9 Å². The van der Waals surface area contributed by atoms with E-state index in [0.29, 0.717) is 11.4 Å². The predicted octanol–water partition coefficient (Wildman–Crippen LogP) is 3.81. The average molecular weight is 211 g/mol. The molecule has 1 unspecified atom stereocenters. The summed E-state index contributed by atoms with van der Waals surface area (Å²) in [7, 11) is 0. The largest absolute Gasteiger partial charge is 0.299 e. The average Bonchev–Trinajstić information content (AvgIpc) is 2.17. The zero-order valence-corrected chi connectivity index (χ0v) is 9.34. The number of halogens is 1. The molecule has 1 rings (SSSR count). The van der Waals surface area contributed by atoms with Gasteiger partial charge in [0.1, 0.15) is 5.78 Å². The van der Waals surface area contributed by atoms with Gasteiger partial charge in [-0.3, -0.25) is 4.79 Å². The highest BCUT2D eigenvalue weighted by Gasteiger charge is 2.13. The molecule has 0 fully saturated rings. The second kappa shape index (κ2) is 5.16. The monoisotopic (exact) mass is 210 g/mol. The van der Waals surface area contributed by atoms with Gasteiger partial charge in [0, 0.05) is 17.4 Å². The smallest absolute Gasteiger partial charge is 0.140 e. The molecule has 0 radical (unpaired) electrons. The molecule has 0 aromatic heterocycles. The van der Waals surface area contributed by atoms with Gasteiger partial charge in [0.05, 0.1) is 0 Å². The molecule has 0 spiro atoms. The van der Waals surface area contributed by atoms with Crippen LogP contribution in [0.1, 0.15) is 38.2 Å². The Morgan fingerprint density at radius 3 is 2.79 bits per heavy atom. The third-order valence-corrected chi connectivity index (χ3v) is 2.56. The lowest BCUT2D eigenvalue weighted by Crippen LogP contribution is -2.08. The molecule has 0 aliphatic heterocycles. The van der Waals surface area contributed by atoms with Gasteiger partial charge in [-0.25, -0.2) is 0 Å². The first-order valence-electron chi connectivity index (χ1n) is 4.93. The van der Waals surface area contributed by atoms with Gasteiger partial charge in [-0.15, -0.1) is 0 Å². The first-order valence-corrected chi connectivity index (χ1v) is 5.31. The van der Waals surface area contributed by atoms with Gasteiger partial charge < -0.3 is 0 Å². The summed E-state index contributed by atoms with van der Waals surface area (Å²) >= 11 is 5.86. The van der Waals surface area contributed by atoms with Gasteiger partial charge in [-0.2, -0.15) is 0 Å². The lowest BCUT2D eigenvalue weighted by atomic mass is 9.94. The summed E-state index contributed by atoms with van der Waals surface area (Å²) in [6, 6.07) is 7.51. The first-order chi connectivity index (χ1) is 6.65. The Morgan fingerprint density at radius 2 is 2.21 bits per heavy atom. The quantitative estimate of drug-likeness (QED) is 0.739. The lowest BCUT2D eigenvalue weighted by Gasteiger charge is -2.10. The Morgan fingerprint density at radius 1 is 1.50 bits per heavy atom. The molecule has 2 heteroatoms. The third-order valence-electron chi connectivity index (χ3n) is 2.33. The lowest BCUT2D eigenvalue weighted by molar-refractivity contribution is -0.120. The topological polar surface area (TPSA) is 17.1 Å². The Bertz CT molecular complexity index is 320. The van der Waals surface area contributed by atoms with Crippen LogP contribution in [0.5, 0.6) is 0 Å². The summed E-state index contributed by atoms with van der Waals surface area (Å²) in [5.74, 6) is 0.253. The van der Waals surface area contributed by atoms with Gasteiger partial charge >= 0.3 is 0 Å². The molecule has 0 saturated carbocycles. The van der Waals surface area contributed by atoms with Crippen LogP contribution >= 0.6 is 11.6 Å². The van der Waals surface area contributed by atoms with Crippen LogP contribution in [0.3, 0.4) is 0 Å². The molecule has 1 aromatic carbocycles. The fraction of sp³-hybridized carbons (Fsp3) is 0.417. The summed E-state index contributed by atoms with van der Waals surface area (Å²) in [6.45, 7) is 3.95. The number of ketones is 1. The fourth-order valence-electron chi connectivity index (χ4n) is 1.42. The van der Waals surface area contributed by atoms with Gasteiger partial charge in [0.15, 0.2) is 0 Å². The molecule has 1 nitrogen and oxygen atoms in total. The summed E-state index contributed by atoms with van der Waals surface area (Å²) in [6.07, 6.45) is 1.55. The van der Waals surface area contributed by atoms with E-state index in [2.05, 4.69) is 0 Å². The van der Waals surface area contributed by atoms with Crippen LogP contribution < -0.4 is 0 Å². The molecule has 0 amide bonds. The highest BCUT2D eigenvalue weighted by molar-refractivity contribution is 6.30. The SMILES string of the molecule is CCCC(=O)C(C)c1cccc(Cl)c1. The van der Waals surface area contributed by atoms with E-state index in [0.717, 1.165) is 12.0 Å². The standard InChI is InChI=1S/C12H15ClO/c1-3-5-12(14)9(2)10-6-4-7-11(13)8-10/h4,6-9H,3,5H2,1-2H3. The summed E-state index contributed by atoms with van der Waals surface area (Å²) in [4.78, 5) is 11.6. The highest BCUT2D eigenvalue weighted by Crippen LogP contribution is 2.21. The molecule has 1 atom stereocenters. The van der Waals surface area contributed by atoms with Crippen molar-refractivity contribution in [2.24, 2.45) is 0 Å². The van der Waals surface area contributed by atoms with Crippen molar-refractivity contribution in [1.29, 1.82) is 0 Å². The van der Waals surface area contributed by atoms with Gasteiger partial charge in [0.25, 0.3) is 0 Å². The van der Waals surface area contributed by atoms with E-state index in [-0.39, 0.29) is 11.7 Å². The van der Waals surface area contributed by atoms with Crippen molar-refractivity contribution < 1.29 is 4.79 Å². The third kappa shape index (κ3) is 2.85. The van der Waals surface area contributed by atoms with Crippen LogP contribution in [-0.2, 0) is 4.79 Å². The number of hydrogen-bond acceptors (Lipinski definition) is 1. The maximum Gasteiger partial charge on any atom is 0.140 e. The van der Waals surface area contributed by atoms with E-state index < -0.39 is 0 Å². The molecule has 0 saturated heterocycles. The molecular weight excluding hydrogens is 196 g/mol. The summed E-state index contributed by atoms with van der Waals surface area (Å²) in [5, 5.41) is 0.693. The van der Waals surface area contributed by atoms with E-state index in [4.69, 9.17) is 11.6 Å². The van der Waals surface area contributed by atoms with Crippen LogP contribution in [0.2, 0.25) is 5.02 Å². The predicted molar refractivity (Wildman–Crippen MR) is 59.8 cm³/mol. The van der Waals surface area contributed by atoms with Crippen LogP contribution in [0, 0.1) is 0 Å². The zero-order valence-electron chi connectivity index (χ0n) is 8.59. The summed E-state index contributed by atoms with van der Waals surface area (Å²) in [5.41, 5.74) is 1.01. The minimum atomic E-state index is -0.0337. The molecule has 76 valence electrons. The van der Waals surface area contributed by atoms with Crippen molar-refractivity contribution in [1.82, 2.24) is 0 Å². The minimum Gasteiger partial charge on any atom is -0.299 e. The molecule has 0 aliphatic carbocycles. The molecular formula is C12H15ClO. The van der Waals surface area contributed by atoms with Crippen molar-refractivity contribution in [2.75, 3.05) is 0 Å². The first kappa shape index (κ1) is 11.3. The number of carbonyl (C=O) groups is 1. The van der Waals surface area contributed by atoms with E-state index in [9.17, 15) is 4.79 Å².